The van der Waals surface area contributed by atoms with Crippen molar-refractivity contribution in [2.45, 2.75) is 39.0 Å². The van der Waals surface area contributed by atoms with E-state index in [0.29, 0.717) is 38.1 Å². The molecule has 0 atom stereocenters. The topological polar surface area (TPSA) is 29.5 Å². The molecule has 0 bridgehead atoms. The number of carbonyl (C=O) groups is 1. The molecule has 2 aromatic carbocycles. The third-order valence-electron chi connectivity index (χ3n) is 4.89. The molecule has 150 valence electrons. The number of carbonyl (C=O) groups excluding carboxylic acids is 1. The summed E-state index contributed by atoms with van der Waals surface area (Å²) in [6, 6.07) is 8.30. The Morgan fingerprint density at radius 1 is 1.07 bits per heavy atom. The Labute approximate surface area is 160 Å². The van der Waals surface area contributed by atoms with Crippen molar-refractivity contribution in [1.29, 1.82) is 0 Å². The standard InChI is InChI=1S/C21H21F4NO2/c1-13-3-4-14(2)19(11-13)28-16-7-9-26(10-8-16)20(27)15-5-6-18(22)17(12-15)21(23,24)25/h3-6,11-12,16H,7-10H2,1-2H3. The van der Waals surface area contributed by atoms with E-state index in [-0.39, 0.29) is 11.7 Å². The van der Waals surface area contributed by atoms with Crippen molar-refractivity contribution < 1.29 is 27.1 Å². The Hall–Kier alpha value is -2.57. The molecule has 1 amide bonds. The van der Waals surface area contributed by atoms with Crippen molar-refractivity contribution in [3.8, 4) is 5.75 Å². The van der Waals surface area contributed by atoms with Crippen molar-refractivity contribution in [3.63, 3.8) is 0 Å². The lowest BCUT2D eigenvalue weighted by Gasteiger charge is -2.32. The average Bonchev–Trinajstić information content (AvgIpc) is 2.64. The molecule has 3 nitrogen and oxygen atoms in total. The summed E-state index contributed by atoms with van der Waals surface area (Å²) in [5.74, 6) is -1.11. The van der Waals surface area contributed by atoms with Gasteiger partial charge in [-0.05, 0) is 49.2 Å². The van der Waals surface area contributed by atoms with Crippen LogP contribution < -0.4 is 4.74 Å². The number of benzene rings is 2. The van der Waals surface area contributed by atoms with Crippen molar-refractivity contribution in [1.82, 2.24) is 4.90 Å². The first-order valence-corrected chi connectivity index (χ1v) is 9.05. The highest BCUT2D eigenvalue weighted by Crippen LogP contribution is 2.32. The summed E-state index contributed by atoms with van der Waals surface area (Å²) in [5, 5.41) is 0. The van der Waals surface area contributed by atoms with Gasteiger partial charge in [-0.1, -0.05) is 12.1 Å². The normalized spacial score (nSPS) is 15.6. The van der Waals surface area contributed by atoms with Crippen LogP contribution in [0.1, 0.15) is 39.9 Å². The van der Waals surface area contributed by atoms with Gasteiger partial charge < -0.3 is 9.64 Å². The fraction of sp³-hybridized carbons (Fsp3) is 0.381. The lowest BCUT2D eigenvalue weighted by molar-refractivity contribution is -0.140. The highest BCUT2D eigenvalue weighted by Gasteiger charge is 2.35. The minimum Gasteiger partial charge on any atom is -0.490 e. The number of likely N-dealkylation sites (tertiary alicyclic amines) is 1. The fourth-order valence-electron chi connectivity index (χ4n) is 3.25. The van der Waals surface area contributed by atoms with E-state index >= 15 is 0 Å². The number of hydrogen-bond donors (Lipinski definition) is 0. The molecule has 1 saturated heterocycles. The van der Waals surface area contributed by atoms with Crippen LogP contribution in [0, 0.1) is 19.7 Å². The van der Waals surface area contributed by atoms with Gasteiger partial charge in [-0.3, -0.25) is 4.79 Å². The lowest BCUT2D eigenvalue weighted by Crippen LogP contribution is -2.42. The minimum atomic E-state index is -4.84. The van der Waals surface area contributed by atoms with Crippen LogP contribution in [-0.4, -0.2) is 30.0 Å². The number of ether oxygens (including phenoxy) is 1. The molecule has 0 saturated carbocycles. The summed E-state index contributed by atoms with van der Waals surface area (Å²) in [4.78, 5) is 14.0. The van der Waals surface area contributed by atoms with Crippen molar-refractivity contribution in [2.75, 3.05) is 13.1 Å². The number of hydrogen-bond acceptors (Lipinski definition) is 2. The Morgan fingerprint density at radius 2 is 1.75 bits per heavy atom. The Kier molecular flexibility index (Phi) is 5.63. The zero-order valence-corrected chi connectivity index (χ0v) is 15.6. The first kappa shape index (κ1) is 20.2. The van der Waals surface area contributed by atoms with Gasteiger partial charge in [0.05, 0.1) is 5.56 Å². The number of halogens is 4. The van der Waals surface area contributed by atoms with Gasteiger partial charge in [0, 0.05) is 31.5 Å². The van der Waals surface area contributed by atoms with Gasteiger partial charge in [0.1, 0.15) is 17.7 Å². The van der Waals surface area contributed by atoms with Gasteiger partial charge >= 0.3 is 6.18 Å². The SMILES string of the molecule is Cc1ccc(C)c(OC2CCN(C(=O)c3ccc(F)c(C(F)(F)F)c3)CC2)c1. The summed E-state index contributed by atoms with van der Waals surface area (Å²) in [6.45, 7) is 4.67. The molecule has 0 aromatic heterocycles. The second-order valence-electron chi connectivity index (χ2n) is 7.07. The monoisotopic (exact) mass is 395 g/mol. The van der Waals surface area contributed by atoms with Gasteiger partial charge in [-0.2, -0.15) is 13.2 Å². The third-order valence-corrected chi connectivity index (χ3v) is 4.89. The van der Waals surface area contributed by atoms with E-state index in [0.717, 1.165) is 22.9 Å². The van der Waals surface area contributed by atoms with Crippen LogP contribution in [0.4, 0.5) is 17.6 Å². The maximum absolute atomic E-state index is 13.4. The zero-order valence-electron chi connectivity index (χ0n) is 15.6. The molecule has 0 radical (unpaired) electrons. The van der Waals surface area contributed by atoms with Crippen LogP contribution >= 0.6 is 0 Å². The summed E-state index contributed by atoms with van der Waals surface area (Å²) in [6.07, 6.45) is -3.75. The molecule has 0 N–H and O–H groups in total. The van der Waals surface area contributed by atoms with E-state index in [1.54, 1.807) is 0 Å². The highest BCUT2D eigenvalue weighted by atomic mass is 19.4. The molecule has 1 aliphatic heterocycles. The third kappa shape index (κ3) is 4.46. The number of amides is 1. The molecule has 1 heterocycles. The van der Waals surface area contributed by atoms with Gasteiger partial charge in [-0.25, -0.2) is 4.39 Å². The molecule has 28 heavy (non-hydrogen) atoms. The quantitative estimate of drug-likeness (QED) is 0.673. The number of piperidine rings is 1. The zero-order chi connectivity index (χ0) is 20.5. The Balaban J connectivity index is 1.65. The van der Waals surface area contributed by atoms with E-state index in [2.05, 4.69) is 0 Å². The summed E-state index contributed by atoms with van der Waals surface area (Å²) in [5.41, 5.74) is 0.522. The van der Waals surface area contributed by atoms with Crippen molar-refractivity contribution in [3.05, 3.63) is 64.5 Å². The molecule has 1 fully saturated rings. The summed E-state index contributed by atoms with van der Waals surface area (Å²) < 4.78 is 58.1. The van der Waals surface area contributed by atoms with Crippen LogP contribution in [0.15, 0.2) is 36.4 Å². The number of alkyl halides is 3. The van der Waals surface area contributed by atoms with E-state index in [1.807, 2.05) is 32.0 Å². The largest absolute Gasteiger partial charge is 0.490 e. The highest BCUT2D eigenvalue weighted by molar-refractivity contribution is 5.94. The summed E-state index contributed by atoms with van der Waals surface area (Å²) >= 11 is 0. The molecular formula is C21H21F4NO2. The molecule has 2 aromatic rings. The van der Waals surface area contributed by atoms with E-state index in [1.165, 1.54) is 4.90 Å². The predicted octanol–water partition coefficient (Wildman–Crippen LogP) is 5.14. The van der Waals surface area contributed by atoms with Gasteiger partial charge in [0.2, 0.25) is 0 Å². The van der Waals surface area contributed by atoms with Gasteiger partial charge in [0.15, 0.2) is 0 Å². The van der Waals surface area contributed by atoms with Crippen molar-refractivity contribution >= 4 is 5.91 Å². The minimum absolute atomic E-state index is 0.0662. The summed E-state index contributed by atoms with van der Waals surface area (Å²) in [7, 11) is 0. The maximum atomic E-state index is 13.4. The van der Waals surface area contributed by atoms with E-state index < -0.39 is 23.5 Å². The molecule has 0 aliphatic carbocycles. The van der Waals surface area contributed by atoms with Gasteiger partial charge in [0.25, 0.3) is 5.91 Å². The first-order chi connectivity index (χ1) is 13.1. The smallest absolute Gasteiger partial charge is 0.419 e. The van der Waals surface area contributed by atoms with E-state index in [9.17, 15) is 22.4 Å². The number of nitrogens with zero attached hydrogens (tertiary/aromatic N) is 1. The molecule has 3 rings (SSSR count). The fourth-order valence-corrected chi connectivity index (χ4v) is 3.25. The second-order valence-corrected chi connectivity index (χ2v) is 7.07. The molecule has 7 heteroatoms. The van der Waals surface area contributed by atoms with Crippen molar-refractivity contribution in [2.24, 2.45) is 0 Å². The van der Waals surface area contributed by atoms with Crippen LogP contribution in [0.25, 0.3) is 0 Å². The van der Waals surface area contributed by atoms with Crippen LogP contribution in [-0.2, 0) is 6.18 Å². The Bertz CT molecular complexity index is 871. The molecule has 0 spiro atoms. The number of rotatable bonds is 3. The van der Waals surface area contributed by atoms with E-state index in [4.69, 9.17) is 4.74 Å². The molecule has 1 aliphatic rings. The van der Waals surface area contributed by atoms with Crippen LogP contribution in [0.5, 0.6) is 5.75 Å². The lowest BCUT2D eigenvalue weighted by atomic mass is 10.0. The van der Waals surface area contributed by atoms with Gasteiger partial charge in [-0.15, -0.1) is 0 Å². The first-order valence-electron chi connectivity index (χ1n) is 9.05. The second kappa shape index (κ2) is 7.81. The molecular weight excluding hydrogens is 374 g/mol. The predicted molar refractivity (Wildman–Crippen MR) is 96.9 cm³/mol. The maximum Gasteiger partial charge on any atom is 0.419 e. The molecule has 0 unspecified atom stereocenters. The number of aryl methyl sites for hydroxylation is 2. The van der Waals surface area contributed by atoms with Crippen LogP contribution in [0.3, 0.4) is 0 Å². The van der Waals surface area contributed by atoms with Crippen LogP contribution in [0.2, 0.25) is 0 Å². The Morgan fingerprint density at radius 3 is 2.39 bits per heavy atom. The average molecular weight is 395 g/mol.